The van der Waals surface area contributed by atoms with Crippen LogP contribution in [0.4, 0.5) is 0 Å². The SMILES string of the molecule is Cc1ccc(Br)cc1C(O)CCCS(C)(=O)=O. The van der Waals surface area contributed by atoms with Crippen molar-refractivity contribution in [3.8, 4) is 0 Å². The highest BCUT2D eigenvalue weighted by Gasteiger charge is 2.12. The Morgan fingerprint density at radius 1 is 1.41 bits per heavy atom. The van der Waals surface area contributed by atoms with Gasteiger partial charge in [-0.25, -0.2) is 8.42 Å². The Bertz CT molecular complexity index is 483. The molecule has 0 aliphatic carbocycles. The van der Waals surface area contributed by atoms with Crippen LogP contribution in [0, 0.1) is 6.92 Å². The third kappa shape index (κ3) is 5.19. The highest BCUT2D eigenvalue weighted by atomic mass is 79.9. The molecule has 1 N–H and O–H groups in total. The zero-order valence-corrected chi connectivity index (χ0v) is 12.4. The number of aliphatic hydroxyl groups excluding tert-OH is 1. The summed E-state index contributed by atoms with van der Waals surface area (Å²) in [5, 5.41) is 10.0. The minimum atomic E-state index is -2.94. The van der Waals surface area contributed by atoms with Crippen molar-refractivity contribution in [2.75, 3.05) is 12.0 Å². The summed E-state index contributed by atoms with van der Waals surface area (Å²) in [6, 6.07) is 5.72. The van der Waals surface area contributed by atoms with Gasteiger partial charge in [0.25, 0.3) is 0 Å². The van der Waals surface area contributed by atoms with E-state index in [1.54, 1.807) is 0 Å². The van der Waals surface area contributed by atoms with Gasteiger partial charge in [0.1, 0.15) is 9.84 Å². The van der Waals surface area contributed by atoms with Crippen LogP contribution in [0.3, 0.4) is 0 Å². The Morgan fingerprint density at radius 2 is 2.06 bits per heavy atom. The standard InChI is InChI=1S/C12H17BrO3S/c1-9-5-6-10(13)8-11(9)12(14)4-3-7-17(2,15)16/h5-6,8,12,14H,3-4,7H2,1-2H3. The predicted molar refractivity (Wildman–Crippen MR) is 72.8 cm³/mol. The first-order valence-corrected chi connectivity index (χ1v) is 8.27. The van der Waals surface area contributed by atoms with Crippen molar-refractivity contribution >= 4 is 25.8 Å². The molecular weight excluding hydrogens is 304 g/mol. The van der Waals surface area contributed by atoms with Crippen LogP contribution < -0.4 is 0 Å². The van der Waals surface area contributed by atoms with E-state index >= 15 is 0 Å². The second-order valence-electron chi connectivity index (χ2n) is 4.29. The number of benzene rings is 1. The Kier molecular flexibility index (Phi) is 5.16. The third-order valence-corrected chi connectivity index (χ3v) is 4.12. The molecule has 0 fully saturated rings. The fourth-order valence-corrected chi connectivity index (χ4v) is 2.73. The van der Waals surface area contributed by atoms with Gasteiger partial charge in [-0.15, -0.1) is 0 Å². The lowest BCUT2D eigenvalue weighted by Gasteiger charge is -2.13. The maximum absolute atomic E-state index is 11.0. The van der Waals surface area contributed by atoms with Crippen LogP contribution in [0.25, 0.3) is 0 Å². The lowest BCUT2D eigenvalue weighted by atomic mass is 10.0. The van der Waals surface area contributed by atoms with E-state index in [1.807, 2.05) is 25.1 Å². The van der Waals surface area contributed by atoms with Crippen LogP contribution in [0.1, 0.15) is 30.1 Å². The van der Waals surface area contributed by atoms with Gasteiger partial charge in [0.05, 0.1) is 6.10 Å². The monoisotopic (exact) mass is 320 g/mol. The van der Waals surface area contributed by atoms with E-state index in [1.165, 1.54) is 6.26 Å². The molecule has 0 aliphatic heterocycles. The van der Waals surface area contributed by atoms with E-state index in [0.29, 0.717) is 12.8 Å². The number of aliphatic hydroxyl groups is 1. The lowest BCUT2D eigenvalue weighted by molar-refractivity contribution is 0.166. The first-order valence-electron chi connectivity index (χ1n) is 5.41. The topological polar surface area (TPSA) is 54.4 Å². The van der Waals surface area contributed by atoms with Crippen molar-refractivity contribution in [1.82, 2.24) is 0 Å². The maximum Gasteiger partial charge on any atom is 0.147 e. The number of hydrogen-bond acceptors (Lipinski definition) is 3. The molecule has 0 aliphatic rings. The van der Waals surface area contributed by atoms with E-state index in [-0.39, 0.29) is 5.75 Å². The summed E-state index contributed by atoms with van der Waals surface area (Å²) in [5.74, 6) is 0.122. The molecule has 0 bridgehead atoms. The average Bonchev–Trinajstić information content (AvgIpc) is 2.19. The van der Waals surface area contributed by atoms with Gasteiger partial charge in [0.15, 0.2) is 0 Å². The minimum absolute atomic E-state index is 0.122. The molecule has 17 heavy (non-hydrogen) atoms. The summed E-state index contributed by atoms with van der Waals surface area (Å²) >= 11 is 3.36. The minimum Gasteiger partial charge on any atom is -0.388 e. The summed E-state index contributed by atoms with van der Waals surface area (Å²) in [7, 11) is -2.94. The lowest BCUT2D eigenvalue weighted by Crippen LogP contribution is -2.06. The molecule has 1 rings (SSSR count). The van der Waals surface area contributed by atoms with Gasteiger partial charge in [0.2, 0.25) is 0 Å². The quantitative estimate of drug-likeness (QED) is 0.907. The highest BCUT2D eigenvalue weighted by Crippen LogP contribution is 2.25. The molecule has 0 heterocycles. The van der Waals surface area contributed by atoms with Crippen LogP contribution in [0.5, 0.6) is 0 Å². The molecule has 0 saturated heterocycles. The summed E-state index contributed by atoms with van der Waals surface area (Å²) in [5.41, 5.74) is 1.87. The second kappa shape index (κ2) is 5.98. The van der Waals surface area contributed by atoms with Gasteiger partial charge in [-0.1, -0.05) is 22.0 Å². The Labute approximate surface area is 111 Å². The number of sulfone groups is 1. The molecule has 96 valence electrons. The fourth-order valence-electron chi connectivity index (χ4n) is 1.66. The van der Waals surface area contributed by atoms with Crippen molar-refractivity contribution in [2.24, 2.45) is 0 Å². The smallest absolute Gasteiger partial charge is 0.147 e. The van der Waals surface area contributed by atoms with Crippen LogP contribution in [-0.4, -0.2) is 25.5 Å². The zero-order valence-electron chi connectivity index (χ0n) is 9.98. The molecule has 0 radical (unpaired) electrons. The number of aryl methyl sites for hydroxylation is 1. The molecule has 0 saturated carbocycles. The zero-order chi connectivity index (χ0) is 13.1. The first kappa shape index (κ1) is 14.7. The molecule has 1 unspecified atom stereocenters. The van der Waals surface area contributed by atoms with E-state index in [9.17, 15) is 13.5 Å². The highest BCUT2D eigenvalue weighted by molar-refractivity contribution is 9.10. The molecule has 1 aromatic rings. The van der Waals surface area contributed by atoms with Gasteiger partial charge in [-0.3, -0.25) is 0 Å². The maximum atomic E-state index is 11.0. The van der Waals surface area contributed by atoms with Gasteiger partial charge < -0.3 is 5.11 Å². The van der Waals surface area contributed by atoms with Crippen LogP contribution in [0.2, 0.25) is 0 Å². The molecule has 0 amide bonds. The van der Waals surface area contributed by atoms with Crippen LogP contribution in [-0.2, 0) is 9.84 Å². The Balaban J connectivity index is 2.64. The van der Waals surface area contributed by atoms with Crippen molar-refractivity contribution < 1.29 is 13.5 Å². The molecular formula is C12H17BrO3S. The third-order valence-electron chi connectivity index (χ3n) is 2.59. The van der Waals surface area contributed by atoms with Gasteiger partial charge in [-0.2, -0.15) is 0 Å². The van der Waals surface area contributed by atoms with E-state index in [4.69, 9.17) is 0 Å². The van der Waals surface area contributed by atoms with E-state index in [2.05, 4.69) is 15.9 Å². The van der Waals surface area contributed by atoms with Gasteiger partial charge in [0, 0.05) is 16.5 Å². The van der Waals surface area contributed by atoms with Crippen molar-refractivity contribution in [2.45, 2.75) is 25.9 Å². The molecule has 0 aromatic heterocycles. The molecule has 1 aromatic carbocycles. The van der Waals surface area contributed by atoms with Gasteiger partial charge >= 0.3 is 0 Å². The molecule has 5 heteroatoms. The second-order valence-corrected chi connectivity index (χ2v) is 7.46. The van der Waals surface area contributed by atoms with Crippen LogP contribution in [0.15, 0.2) is 22.7 Å². The molecule has 1 atom stereocenters. The Morgan fingerprint density at radius 3 is 2.65 bits per heavy atom. The Hall–Kier alpha value is -0.390. The van der Waals surface area contributed by atoms with Crippen LogP contribution >= 0.6 is 15.9 Å². The summed E-state index contributed by atoms with van der Waals surface area (Å²) in [4.78, 5) is 0. The number of halogens is 1. The fraction of sp³-hybridized carbons (Fsp3) is 0.500. The van der Waals surface area contributed by atoms with E-state index < -0.39 is 15.9 Å². The van der Waals surface area contributed by atoms with Gasteiger partial charge in [-0.05, 0) is 43.0 Å². The summed E-state index contributed by atoms with van der Waals surface area (Å²) in [6.07, 6.45) is 1.55. The van der Waals surface area contributed by atoms with Crippen molar-refractivity contribution in [3.63, 3.8) is 0 Å². The van der Waals surface area contributed by atoms with Crippen molar-refractivity contribution in [3.05, 3.63) is 33.8 Å². The average molecular weight is 321 g/mol. The molecule has 0 spiro atoms. The normalized spacial score (nSPS) is 13.6. The largest absolute Gasteiger partial charge is 0.388 e. The van der Waals surface area contributed by atoms with Crippen molar-refractivity contribution in [1.29, 1.82) is 0 Å². The summed E-state index contributed by atoms with van der Waals surface area (Å²) in [6.45, 7) is 1.93. The van der Waals surface area contributed by atoms with E-state index in [0.717, 1.165) is 15.6 Å². The number of rotatable bonds is 5. The molecule has 3 nitrogen and oxygen atoms in total. The summed E-state index contributed by atoms with van der Waals surface area (Å²) < 4.78 is 22.9. The first-order chi connectivity index (χ1) is 7.79. The predicted octanol–water partition coefficient (Wildman–Crippen LogP) is 2.62. The number of hydrogen-bond donors (Lipinski definition) is 1.